The molecular weight excluding hydrogens is 338 g/mol. The average Bonchev–Trinajstić information content (AvgIpc) is 2.71. The van der Waals surface area contributed by atoms with Crippen molar-refractivity contribution in [3.8, 4) is 11.3 Å². The van der Waals surface area contributed by atoms with Crippen LogP contribution in [0.4, 0.5) is 5.82 Å². The van der Waals surface area contributed by atoms with Gasteiger partial charge in [-0.3, -0.25) is 0 Å². The number of imidazole rings is 1. The molecule has 0 aliphatic rings. The van der Waals surface area contributed by atoms with Crippen LogP contribution < -0.4 is 5.73 Å². The molecule has 0 aliphatic heterocycles. The predicted octanol–water partition coefficient (Wildman–Crippen LogP) is 5.08. The summed E-state index contributed by atoms with van der Waals surface area (Å²) in [6, 6.07) is 5.73. The molecule has 0 spiro atoms. The van der Waals surface area contributed by atoms with Crippen LogP contribution in [-0.4, -0.2) is 9.55 Å². The van der Waals surface area contributed by atoms with E-state index in [2.05, 4.69) is 41.3 Å². The first-order chi connectivity index (χ1) is 9.45. The van der Waals surface area contributed by atoms with E-state index < -0.39 is 0 Å². The molecule has 0 bridgehead atoms. The summed E-state index contributed by atoms with van der Waals surface area (Å²) in [5, 5.41) is 0.663. The van der Waals surface area contributed by atoms with Crippen molar-refractivity contribution >= 4 is 33.3 Å². The highest BCUT2D eigenvalue weighted by molar-refractivity contribution is 9.10. The highest BCUT2D eigenvalue weighted by Crippen LogP contribution is 2.35. The van der Waals surface area contributed by atoms with E-state index in [9.17, 15) is 0 Å². The standard InChI is InChI=1S/C15H19BrClN3/c1-4-7-20-14(18)13(19-15(20)9(2)3)11-8-10(16)5-6-12(11)17/h5-6,8-9H,4,7,18H2,1-3H3. The van der Waals surface area contributed by atoms with Crippen LogP contribution in [0.5, 0.6) is 0 Å². The van der Waals surface area contributed by atoms with E-state index in [4.69, 9.17) is 22.3 Å². The Morgan fingerprint density at radius 3 is 2.70 bits per heavy atom. The second-order valence-electron chi connectivity index (χ2n) is 5.13. The number of rotatable bonds is 4. The minimum Gasteiger partial charge on any atom is -0.383 e. The molecule has 1 aromatic carbocycles. The zero-order chi connectivity index (χ0) is 14.9. The predicted molar refractivity (Wildman–Crippen MR) is 89.2 cm³/mol. The number of hydrogen-bond acceptors (Lipinski definition) is 2. The molecule has 0 fully saturated rings. The molecule has 1 aromatic heterocycles. The third kappa shape index (κ3) is 2.86. The zero-order valence-electron chi connectivity index (χ0n) is 12.0. The Morgan fingerprint density at radius 2 is 2.10 bits per heavy atom. The summed E-state index contributed by atoms with van der Waals surface area (Å²) in [5.41, 5.74) is 7.95. The highest BCUT2D eigenvalue weighted by atomic mass is 79.9. The van der Waals surface area contributed by atoms with Crippen molar-refractivity contribution in [1.29, 1.82) is 0 Å². The summed E-state index contributed by atoms with van der Waals surface area (Å²) >= 11 is 9.76. The number of benzene rings is 1. The van der Waals surface area contributed by atoms with Crippen LogP contribution in [0.2, 0.25) is 5.02 Å². The molecule has 3 nitrogen and oxygen atoms in total. The molecule has 2 rings (SSSR count). The minimum atomic E-state index is 0.323. The third-order valence-corrected chi connectivity index (χ3v) is 4.01. The fourth-order valence-electron chi connectivity index (χ4n) is 2.26. The maximum absolute atomic E-state index is 6.31. The van der Waals surface area contributed by atoms with Crippen molar-refractivity contribution in [1.82, 2.24) is 9.55 Å². The first-order valence-electron chi connectivity index (χ1n) is 6.77. The van der Waals surface area contributed by atoms with Gasteiger partial charge in [-0.15, -0.1) is 0 Å². The van der Waals surface area contributed by atoms with Crippen LogP contribution in [0.15, 0.2) is 22.7 Å². The molecule has 0 saturated carbocycles. The van der Waals surface area contributed by atoms with Gasteiger partial charge in [-0.2, -0.15) is 0 Å². The van der Waals surface area contributed by atoms with Gasteiger partial charge < -0.3 is 10.3 Å². The molecule has 0 atom stereocenters. The molecule has 108 valence electrons. The van der Waals surface area contributed by atoms with E-state index in [1.54, 1.807) is 0 Å². The Labute approximate surface area is 133 Å². The second kappa shape index (κ2) is 6.19. The second-order valence-corrected chi connectivity index (χ2v) is 6.46. The molecule has 20 heavy (non-hydrogen) atoms. The summed E-state index contributed by atoms with van der Waals surface area (Å²) in [7, 11) is 0. The van der Waals surface area contributed by atoms with E-state index in [-0.39, 0.29) is 0 Å². The Hall–Kier alpha value is -1.00. The maximum Gasteiger partial charge on any atom is 0.131 e. The fraction of sp³-hybridized carbons (Fsp3) is 0.400. The molecular formula is C15H19BrClN3. The van der Waals surface area contributed by atoms with Crippen LogP contribution >= 0.6 is 27.5 Å². The lowest BCUT2D eigenvalue weighted by Crippen LogP contribution is -2.08. The van der Waals surface area contributed by atoms with E-state index in [1.165, 1.54) is 0 Å². The lowest BCUT2D eigenvalue weighted by molar-refractivity contribution is 0.616. The smallest absolute Gasteiger partial charge is 0.131 e. The Bertz CT molecular complexity index is 620. The van der Waals surface area contributed by atoms with E-state index in [0.717, 1.165) is 34.5 Å². The Kier molecular flexibility index (Phi) is 4.76. The highest BCUT2D eigenvalue weighted by Gasteiger charge is 2.19. The van der Waals surface area contributed by atoms with Gasteiger partial charge in [0, 0.05) is 22.5 Å². The summed E-state index contributed by atoms with van der Waals surface area (Å²) in [5.74, 6) is 2.02. The van der Waals surface area contributed by atoms with Gasteiger partial charge in [0.15, 0.2) is 0 Å². The number of nitrogens with two attached hydrogens (primary N) is 1. The molecule has 0 unspecified atom stereocenters. The van der Waals surface area contributed by atoms with Crippen LogP contribution in [0, 0.1) is 0 Å². The van der Waals surface area contributed by atoms with Gasteiger partial charge in [0.2, 0.25) is 0 Å². The van der Waals surface area contributed by atoms with Gasteiger partial charge in [0.05, 0.1) is 5.02 Å². The molecule has 1 heterocycles. The van der Waals surface area contributed by atoms with Crippen molar-refractivity contribution < 1.29 is 0 Å². The van der Waals surface area contributed by atoms with E-state index in [1.807, 2.05) is 18.2 Å². The number of nitrogens with zero attached hydrogens (tertiary/aromatic N) is 2. The van der Waals surface area contributed by atoms with Crippen molar-refractivity contribution in [2.75, 3.05) is 5.73 Å². The third-order valence-electron chi connectivity index (χ3n) is 3.18. The summed E-state index contributed by atoms with van der Waals surface area (Å²) < 4.78 is 3.06. The summed E-state index contributed by atoms with van der Waals surface area (Å²) in [6.07, 6.45) is 1.02. The van der Waals surface area contributed by atoms with Gasteiger partial charge in [-0.1, -0.05) is 48.3 Å². The van der Waals surface area contributed by atoms with Gasteiger partial charge >= 0.3 is 0 Å². The number of aromatic nitrogens is 2. The molecule has 2 aromatic rings. The van der Waals surface area contributed by atoms with Crippen LogP contribution in [0.3, 0.4) is 0 Å². The van der Waals surface area contributed by atoms with Gasteiger partial charge in [-0.05, 0) is 24.6 Å². The molecule has 5 heteroatoms. The quantitative estimate of drug-likeness (QED) is 0.830. The SMILES string of the molecule is CCCn1c(C(C)C)nc(-c2cc(Br)ccc2Cl)c1N. The van der Waals surface area contributed by atoms with Gasteiger partial charge in [-0.25, -0.2) is 4.98 Å². The fourth-order valence-corrected chi connectivity index (χ4v) is 2.83. The summed E-state index contributed by atoms with van der Waals surface area (Å²) in [6.45, 7) is 7.26. The lowest BCUT2D eigenvalue weighted by Gasteiger charge is -2.10. The van der Waals surface area contributed by atoms with Crippen molar-refractivity contribution in [3.05, 3.63) is 33.5 Å². The first kappa shape index (κ1) is 15.4. The van der Waals surface area contributed by atoms with Crippen molar-refractivity contribution in [3.63, 3.8) is 0 Å². The minimum absolute atomic E-state index is 0.323. The van der Waals surface area contributed by atoms with Crippen LogP contribution in [-0.2, 0) is 6.54 Å². The lowest BCUT2D eigenvalue weighted by atomic mass is 10.1. The number of hydrogen-bond donors (Lipinski definition) is 1. The van der Waals surface area contributed by atoms with Gasteiger partial charge in [0.1, 0.15) is 17.3 Å². The molecule has 2 N–H and O–H groups in total. The van der Waals surface area contributed by atoms with Crippen LogP contribution in [0.25, 0.3) is 11.3 Å². The number of nitrogen functional groups attached to an aromatic ring is 1. The molecule has 0 radical (unpaired) electrons. The normalized spacial score (nSPS) is 11.3. The first-order valence-corrected chi connectivity index (χ1v) is 7.94. The zero-order valence-corrected chi connectivity index (χ0v) is 14.3. The van der Waals surface area contributed by atoms with E-state index in [0.29, 0.717) is 16.8 Å². The largest absolute Gasteiger partial charge is 0.383 e. The monoisotopic (exact) mass is 355 g/mol. The molecule has 0 amide bonds. The topological polar surface area (TPSA) is 43.8 Å². The van der Waals surface area contributed by atoms with Crippen LogP contribution in [0.1, 0.15) is 38.9 Å². The van der Waals surface area contributed by atoms with Crippen molar-refractivity contribution in [2.24, 2.45) is 0 Å². The summed E-state index contributed by atoms with van der Waals surface area (Å²) in [4.78, 5) is 4.73. The number of anilines is 1. The number of halogens is 2. The molecule has 0 aliphatic carbocycles. The Morgan fingerprint density at radius 1 is 1.40 bits per heavy atom. The van der Waals surface area contributed by atoms with Crippen molar-refractivity contribution in [2.45, 2.75) is 39.7 Å². The average molecular weight is 357 g/mol. The Balaban J connectivity index is 2.63. The molecule has 0 saturated heterocycles. The van der Waals surface area contributed by atoms with E-state index >= 15 is 0 Å². The maximum atomic E-state index is 6.31. The van der Waals surface area contributed by atoms with Gasteiger partial charge in [0.25, 0.3) is 0 Å².